The number of carboxylic acid groups (broad SMARTS) is 1. The molecule has 0 amide bonds. The molecule has 0 spiro atoms. The molecular weight excluding hydrogens is 176 g/mol. The van der Waals surface area contributed by atoms with E-state index in [2.05, 4.69) is 0 Å². The fraction of sp³-hybridized carbons (Fsp3) is 0.750. The SMILES string of the molecule is CC(=S)O[C@@H](C)C(C)(C)C(=O)O. The fourth-order valence-electron chi connectivity index (χ4n) is 0.570. The van der Waals surface area contributed by atoms with Crippen LogP contribution in [-0.2, 0) is 9.53 Å². The van der Waals surface area contributed by atoms with Crippen molar-refractivity contribution in [2.45, 2.75) is 33.8 Å². The van der Waals surface area contributed by atoms with Crippen molar-refractivity contribution in [3.8, 4) is 0 Å². The molecule has 0 aliphatic heterocycles. The number of hydrogen-bond donors (Lipinski definition) is 1. The van der Waals surface area contributed by atoms with Crippen LogP contribution < -0.4 is 0 Å². The van der Waals surface area contributed by atoms with Crippen molar-refractivity contribution in [2.75, 3.05) is 0 Å². The van der Waals surface area contributed by atoms with Crippen LogP contribution in [0.25, 0.3) is 0 Å². The number of rotatable bonds is 3. The zero-order chi connectivity index (χ0) is 9.94. The van der Waals surface area contributed by atoms with Crippen molar-refractivity contribution < 1.29 is 14.6 Å². The molecule has 12 heavy (non-hydrogen) atoms. The molecule has 0 aromatic heterocycles. The Bertz CT molecular complexity index is 198. The van der Waals surface area contributed by atoms with Gasteiger partial charge in [0.25, 0.3) is 0 Å². The van der Waals surface area contributed by atoms with Crippen LogP contribution in [0.1, 0.15) is 27.7 Å². The molecule has 0 bridgehead atoms. The summed E-state index contributed by atoms with van der Waals surface area (Å²) in [7, 11) is 0. The normalized spacial score (nSPS) is 13.7. The van der Waals surface area contributed by atoms with E-state index >= 15 is 0 Å². The van der Waals surface area contributed by atoms with Gasteiger partial charge in [-0.3, -0.25) is 4.79 Å². The second-order valence-corrected chi connectivity index (χ2v) is 3.85. The van der Waals surface area contributed by atoms with Crippen molar-refractivity contribution in [1.29, 1.82) is 0 Å². The monoisotopic (exact) mass is 190 g/mol. The largest absolute Gasteiger partial charge is 0.483 e. The van der Waals surface area contributed by atoms with Gasteiger partial charge in [-0.1, -0.05) is 0 Å². The molecule has 0 saturated heterocycles. The van der Waals surface area contributed by atoms with Crippen LogP contribution in [0.2, 0.25) is 0 Å². The minimum absolute atomic E-state index is 0.372. The number of carboxylic acids is 1. The lowest BCUT2D eigenvalue weighted by atomic mass is 9.88. The Balaban J connectivity index is 4.35. The van der Waals surface area contributed by atoms with Crippen LogP contribution in [0.15, 0.2) is 0 Å². The molecule has 70 valence electrons. The first-order valence-corrected chi connectivity index (χ1v) is 4.10. The van der Waals surface area contributed by atoms with E-state index in [1.54, 1.807) is 27.7 Å². The highest BCUT2D eigenvalue weighted by Gasteiger charge is 2.35. The van der Waals surface area contributed by atoms with Crippen molar-refractivity contribution >= 4 is 23.2 Å². The van der Waals surface area contributed by atoms with E-state index in [-0.39, 0.29) is 0 Å². The van der Waals surface area contributed by atoms with Gasteiger partial charge in [-0.15, -0.1) is 0 Å². The molecule has 4 heteroatoms. The topological polar surface area (TPSA) is 46.5 Å². The Morgan fingerprint density at radius 1 is 1.58 bits per heavy atom. The van der Waals surface area contributed by atoms with Crippen molar-refractivity contribution in [2.24, 2.45) is 5.41 Å². The van der Waals surface area contributed by atoms with Crippen LogP contribution in [-0.4, -0.2) is 22.2 Å². The summed E-state index contributed by atoms with van der Waals surface area (Å²) in [6.45, 7) is 6.55. The second kappa shape index (κ2) is 3.85. The third-order valence-corrected chi connectivity index (χ3v) is 2.01. The highest BCUT2D eigenvalue weighted by atomic mass is 32.1. The average molecular weight is 190 g/mol. The number of thiocarbonyl (C=S) groups is 1. The lowest BCUT2D eigenvalue weighted by Gasteiger charge is -2.27. The molecule has 0 fully saturated rings. The Morgan fingerprint density at radius 2 is 2.00 bits per heavy atom. The smallest absolute Gasteiger partial charge is 0.312 e. The lowest BCUT2D eigenvalue weighted by molar-refractivity contribution is -0.152. The van der Waals surface area contributed by atoms with E-state index < -0.39 is 17.5 Å². The van der Waals surface area contributed by atoms with Crippen LogP contribution >= 0.6 is 12.2 Å². The minimum atomic E-state index is -0.903. The summed E-state index contributed by atoms with van der Waals surface area (Å²) in [6.07, 6.45) is -0.410. The maximum atomic E-state index is 10.7. The first-order chi connectivity index (χ1) is 5.28. The van der Waals surface area contributed by atoms with Gasteiger partial charge in [0.05, 0.1) is 5.41 Å². The van der Waals surface area contributed by atoms with Gasteiger partial charge < -0.3 is 9.84 Å². The standard InChI is InChI=1S/C8H14O3S/c1-5(11-6(2)12)8(3,4)7(9)10/h5H,1-4H3,(H,9,10)/t5-/m0/s1. The van der Waals surface area contributed by atoms with Crippen molar-refractivity contribution in [1.82, 2.24) is 0 Å². The van der Waals surface area contributed by atoms with E-state index in [1.165, 1.54) is 0 Å². The second-order valence-electron chi connectivity index (χ2n) is 3.28. The van der Waals surface area contributed by atoms with E-state index in [1.807, 2.05) is 0 Å². The zero-order valence-electron chi connectivity index (χ0n) is 7.75. The van der Waals surface area contributed by atoms with Crippen LogP contribution in [0, 0.1) is 5.41 Å². The van der Waals surface area contributed by atoms with Gasteiger partial charge in [-0.2, -0.15) is 0 Å². The quantitative estimate of drug-likeness (QED) is 0.690. The Morgan fingerprint density at radius 3 is 2.25 bits per heavy atom. The number of hydrogen-bond acceptors (Lipinski definition) is 3. The van der Waals surface area contributed by atoms with Crippen molar-refractivity contribution in [3.05, 3.63) is 0 Å². The molecule has 0 aromatic rings. The van der Waals surface area contributed by atoms with E-state index in [0.717, 1.165) is 0 Å². The number of carbonyl (C=O) groups is 1. The number of ether oxygens (including phenoxy) is 1. The Kier molecular flexibility index (Phi) is 3.64. The van der Waals surface area contributed by atoms with Crippen LogP contribution in [0.4, 0.5) is 0 Å². The molecule has 0 unspecified atom stereocenters. The predicted molar refractivity (Wildman–Crippen MR) is 50.2 cm³/mol. The highest BCUT2D eigenvalue weighted by Crippen LogP contribution is 2.23. The first-order valence-electron chi connectivity index (χ1n) is 3.69. The molecule has 0 radical (unpaired) electrons. The zero-order valence-corrected chi connectivity index (χ0v) is 8.57. The maximum Gasteiger partial charge on any atom is 0.312 e. The van der Waals surface area contributed by atoms with Gasteiger partial charge in [0, 0.05) is 6.92 Å². The van der Waals surface area contributed by atoms with Crippen LogP contribution in [0.3, 0.4) is 0 Å². The molecular formula is C8H14O3S. The van der Waals surface area contributed by atoms with Gasteiger partial charge in [-0.05, 0) is 33.0 Å². The molecule has 1 atom stereocenters. The lowest BCUT2D eigenvalue weighted by Crippen LogP contribution is -2.37. The maximum absolute atomic E-state index is 10.7. The molecule has 1 N–H and O–H groups in total. The summed E-state index contributed by atoms with van der Waals surface area (Å²) in [5.41, 5.74) is -0.903. The van der Waals surface area contributed by atoms with E-state index in [4.69, 9.17) is 22.1 Å². The molecule has 0 aliphatic rings. The molecule has 0 aromatic carbocycles. The third kappa shape index (κ3) is 2.77. The molecule has 0 rings (SSSR count). The van der Waals surface area contributed by atoms with Gasteiger partial charge in [0.2, 0.25) is 0 Å². The summed E-state index contributed by atoms with van der Waals surface area (Å²) in [5.74, 6) is -0.883. The minimum Gasteiger partial charge on any atom is -0.483 e. The molecule has 3 nitrogen and oxygen atoms in total. The van der Waals surface area contributed by atoms with Gasteiger partial charge in [0.1, 0.15) is 6.10 Å². The Hall–Kier alpha value is -0.640. The summed E-state index contributed by atoms with van der Waals surface area (Å²) in [4.78, 5) is 10.7. The fourth-order valence-corrected chi connectivity index (χ4v) is 0.714. The van der Waals surface area contributed by atoms with Crippen LogP contribution in [0.5, 0.6) is 0 Å². The summed E-state index contributed by atoms with van der Waals surface area (Å²) in [6, 6.07) is 0. The predicted octanol–water partition coefficient (Wildman–Crippen LogP) is 1.85. The molecule has 0 aliphatic carbocycles. The first kappa shape index (κ1) is 11.4. The molecule has 0 saturated carbocycles. The summed E-state index contributed by atoms with van der Waals surface area (Å²) in [5, 5.41) is 9.17. The van der Waals surface area contributed by atoms with E-state index in [0.29, 0.717) is 5.05 Å². The molecule has 0 heterocycles. The Labute approximate surface area is 77.7 Å². The number of aliphatic carboxylic acids is 1. The highest BCUT2D eigenvalue weighted by molar-refractivity contribution is 7.80. The average Bonchev–Trinajstić information content (AvgIpc) is 1.85. The third-order valence-electron chi connectivity index (χ3n) is 1.91. The van der Waals surface area contributed by atoms with Gasteiger partial charge in [-0.25, -0.2) is 0 Å². The van der Waals surface area contributed by atoms with Gasteiger partial charge >= 0.3 is 5.97 Å². The summed E-state index contributed by atoms with van der Waals surface area (Å²) >= 11 is 4.71. The van der Waals surface area contributed by atoms with E-state index in [9.17, 15) is 4.79 Å². The summed E-state index contributed by atoms with van der Waals surface area (Å²) < 4.78 is 5.13. The van der Waals surface area contributed by atoms with Gasteiger partial charge in [0.15, 0.2) is 5.05 Å². The van der Waals surface area contributed by atoms with Crippen molar-refractivity contribution in [3.63, 3.8) is 0 Å².